The van der Waals surface area contributed by atoms with Crippen molar-refractivity contribution in [3.63, 3.8) is 0 Å². The number of rotatable bonds is 4. The number of fused-ring (bicyclic) bond motifs is 3. The zero-order valence-corrected chi connectivity index (χ0v) is 23.7. The highest BCUT2D eigenvalue weighted by Gasteiger charge is 2.51. The second kappa shape index (κ2) is 12.0. The molecule has 6 rings (SSSR count). The zero-order valence-electron chi connectivity index (χ0n) is 22.9. The predicted octanol–water partition coefficient (Wildman–Crippen LogP) is 3.10. The molecule has 1 unspecified atom stereocenters. The Morgan fingerprint density at radius 1 is 1.09 bits per heavy atom. The first-order valence-corrected chi connectivity index (χ1v) is 14.1. The van der Waals surface area contributed by atoms with Crippen molar-refractivity contribution in [3.8, 4) is 0 Å². The Morgan fingerprint density at radius 3 is 2.63 bits per heavy atom. The lowest BCUT2D eigenvalue weighted by Crippen LogP contribution is -2.45. The fourth-order valence-corrected chi connectivity index (χ4v) is 6.21. The number of hydrogen-bond acceptors (Lipinski definition) is 7. The molecular weight excluding hydrogens is 584 g/mol. The van der Waals surface area contributed by atoms with Crippen LogP contribution in [0.5, 0.6) is 0 Å². The van der Waals surface area contributed by atoms with E-state index in [1.165, 1.54) is 4.90 Å². The third-order valence-corrected chi connectivity index (χ3v) is 8.27. The van der Waals surface area contributed by atoms with Gasteiger partial charge >= 0.3 is 0 Å². The first-order valence-electron chi connectivity index (χ1n) is 13.7. The van der Waals surface area contributed by atoms with Gasteiger partial charge < -0.3 is 25.0 Å². The minimum absolute atomic E-state index is 0.0575. The summed E-state index contributed by atoms with van der Waals surface area (Å²) < 4.78 is 39.2. The van der Waals surface area contributed by atoms with Gasteiger partial charge in [-0.2, -0.15) is 0 Å². The van der Waals surface area contributed by atoms with E-state index in [0.717, 1.165) is 34.9 Å². The number of amides is 3. The summed E-state index contributed by atoms with van der Waals surface area (Å²) in [7, 11) is 0. The monoisotopic (exact) mass is 611 g/mol. The van der Waals surface area contributed by atoms with E-state index in [-0.39, 0.29) is 49.6 Å². The Hall–Kier alpha value is -3.97. The molecule has 43 heavy (non-hydrogen) atoms. The van der Waals surface area contributed by atoms with Crippen molar-refractivity contribution in [2.24, 2.45) is 0 Å². The molecule has 2 atom stereocenters. The van der Waals surface area contributed by atoms with E-state index in [2.05, 4.69) is 20.9 Å². The highest BCUT2D eigenvalue weighted by Crippen LogP contribution is 2.48. The molecule has 3 N–H and O–H groups in total. The smallest absolute Gasteiger partial charge is 0.249 e. The van der Waals surface area contributed by atoms with Crippen LogP contribution in [0.2, 0.25) is 5.02 Å². The number of pyridine rings is 1. The number of nitrogens with one attached hydrogen (secondary N) is 3. The van der Waals surface area contributed by atoms with E-state index in [1.54, 1.807) is 24.4 Å². The van der Waals surface area contributed by atoms with Gasteiger partial charge in [0.2, 0.25) is 17.7 Å². The van der Waals surface area contributed by atoms with Gasteiger partial charge in [-0.05, 0) is 59.9 Å². The van der Waals surface area contributed by atoms with Gasteiger partial charge in [0.25, 0.3) is 0 Å². The lowest BCUT2D eigenvalue weighted by molar-refractivity contribution is -0.141. The van der Waals surface area contributed by atoms with Crippen LogP contribution in [0.4, 0.5) is 20.3 Å². The van der Waals surface area contributed by atoms with Crippen molar-refractivity contribution in [3.05, 3.63) is 87.6 Å². The largest absolute Gasteiger partial charge is 0.369 e. The highest BCUT2D eigenvalue weighted by molar-refractivity contribution is 6.34. The zero-order chi connectivity index (χ0) is 30.1. The molecule has 3 aliphatic rings. The molecule has 3 heterocycles. The summed E-state index contributed by atoms with van der Waals surface area (Å²) in [5.41, 5.74) is 2.22. The average Bonchev–Trinajstić information content (AvgIpc) is 3.45. The van der Waals surface area contributed by atoms with Crippen LogP contribution in [-0.2, 0) is 42.1 Å². The molecule has 3 amide bonds. The fourth-order valence-electron chi connectivity index (χ4n) is 5.98. The number of carbonyl (C=O) groups is 3. The van der Waals surface area contributed by atoms with Gasteiger partial charge in [0.15, 0.2) is 0 Å². The van der Waals surface area contributed by atoms with Crippen molar-refractivity contribution in [2.45, 2.75) is 24.3 Å². The number of anilines is 2. The molecule has 13 heteroatoms. The summed E-state index contributed by atoms with van der Waals surface area (Å²) in [5, 5.41) is 8.92. The molecule has 0 saturated carbocycles. The van der Waals surface area contributed by atoms with E-state index < -0.39 is 41.5 Å². The summed E-state index contributed by atoms with van der Waals surface area (Å²) in [6.45, 7) is -0.255. The van der Waals surface area contributed by atoms with Crippen molar-refractivity contribution in [1.29, 1.82) is 0 Å². The summed E-state index contributed by atoms with van der Waals surface area (Å²) in [5.74, 6) is -2.35. The lowest BCUT2D eigenvalue weighted by Gasteiger charge is -2.32. The van der Waals surface area contributed by atoms with Crippen molar-refractivity contribution < 1.29 is 32.6 Å². The Morgan fingerprint density at radius 2 is 1.84 bits per heavy atom. The van der Waals surface area contributed by atoms with Crippen LogP contribution in [0.1, 0.15) is 28.3 Å². The lowest BCUT2D eigenvalue weighted by atomic mass is 9.79. The van der Waals surface area contributed by atoms with Gasteiger partial charge in [0, 0.05) is 24.4 Å². The molecule has 0 radical (unpaired) electrons. The average molecular weight is 612 g/mol. The number of halogens is 3. The maximum absolute atomic E-state index is 14.2. The van der Waals surface area contributed by atoms with Gasteiger partial charge in [-0.3, -0.25) is 19.7 Å². The molecule has 1 aliphatic carbocycles. The second-order valence-corrected chi connectivity index (χ2v) is 11.1. The molecule has 0 bridgehead atoms. The number of aromatic nitrogens is 1. The van der Waals surface area contributed by atoms with E-state index in [9.17, 15) is 23.2 Å². The molecule has 1 aromatic heterocycles. The Balaban J connectivity index is 1.25. The number of benzene rings is 2. The van der Waals surface area contributed by atoms with Crippen molar-refractivity contribution in [2.75, 3.05) is 50.3 Å². The van der Waals surface area contributed by atoms with E-state index in [0.29, 0.717) is 24.3 Å². The summed E-state index contributed by atoms with van der Waals surface area (Å²) in [6, 6.07) is 9.20. The third kappa shape index (κ3) is 5.83. The van der Waals surface area contributed by atoms with Crippen molar-refractivity contribution in [1.82, 2.24) is 15.2 Å². The van der Waals surface area contributed by atoms with Crippen LogP contribution in [0.3, 0.4) is 0 Å². The molecule has 1 saturated heterocycles. The quantitative estimate of drug-likeness (QED) is 0.415. The topological polar surface area (TPSA) is 122 Å². The predicted molar refractivity (Wildman–Crippen MR) is 152 cm³/mol. The first-order chi connectivity index (χ1) is 20.7. The molecule has 224 valence electrons. The third-order valence-electron chi connectivity index (χ3n) is 7.96. The Kier molecular flexibility index (Phi) is 8.10. The minimum atomic E-state index is -0.918. The Labute approximate surface area is 250 Å². The van der Waals surface area contributed by atoms with Gasteiger partial charge in [-0.25, -0.2) is 13.8 Å². The van der Waals surface area contributed by atoms with Gasteiger partial charge in [-0.1, -0.05) is 17.7 Å². The molecular formula is C30H28ClF2N5O5. The molecule has 1 spiro atoms. The van der Waals surface area contributed by atoms with E-state index >= 15 is 0 Å². The van der Waals surface area contributed by atoms with Gasteiger partial charge in [0.1, 0.15) is 30.6 Å². The van der Waals surface area contributed by atoms with Crippen LogP contribution in [0.15, 0.2) is 48.7 Å². The van der Waals surface area contributed by atoms with Crippen LogP contribution >= 0.6 is 11.6 Å². The second-order valence-electron chi connectivity index (χ2n) is 10.7. The van der Waals surface area contributed by atoms with Crippen molar-refractivity contribution >= 4 is 40.8 Å². The molecule has 10 nitrogen and oxygen atoms in total. The standard InChI is InChI=1S/C30H28ClF2N5O5/c31-23-8-18-11-30(22-2-1-3-35-28(22)37-29(30)41)12-19(18)9-24(23)36-26(39)14-38-25(17-6-20(32)10-21(33)7-17)13-34-16-43-5-4-42-15-27(38)40/h1-3,6-10,25,34H,4-5,11-16H2,(H,36,39)(H,35,37,41)/t25-,30?/m0/s1. The maximum Gasteiger partial charge on any atom is 0.249 e. The molecule has 2 aromatic carbocycles. The Bertz CT molecular complexity index is 1590. The SMILES string of the molecule is O=C(CN1C(=O)COCCOCNC[C@H]1c1cc(F)cc(F)c1)Nc1cc2c(cc1Cl)CC1(C2)C(=O)Nc2ncccc21. The van der Waals surface area contributed by atoms with Gasteiger partial charge in [-0.15, -0.1) is 0 Å². The van der Waals surface area contributed by atoms with Gasteiger partial charge in [0.05, 0.1) is 42.1 Å². The number of carbonyl (C=O) groups excluding carboxylic acids is 3. The minimum Gasteiger partial charge on any atom is -0.369 e. The first kappa shape index (κ1) is 29.1. The number of nitrogens with zero attached hydrogens (tertiary/aromatic N) is 2. The summed E-state index contributed by atoms with van der Waals surface area (Å²) in [4.78, 5) is 45.3. The molecule has 1 fully saturated rings. The fraction of sp³-hybridized carbons (Fsp3) is 0.333. The molecule has 3 aromatic rings. The van der Waals surface area contributed by atoms with E-state index in [4.69, 9.17) is 21.1 Å². The van der Waals surface area contributed by atoms with Crippen LogP contribution in [0, 0.1) is 11.6 Å². The van der Waals surface area contributed by atoms with Crippen LogP contribution < -0.4 is 16.0 Å². The highest BCUT2D eigenvalue weighted by atomic mass is 35.5. The maximum atomic E-state index is 14.2. The summed E-state index contributed by atoms with van der Waals surface area (Å²) in [6.07, 6.45) is 2.46. The summed E-state index contributed by atoms with van der Waals surface area (Å²) >= 11 is 6.58. The number of ether oxygens (including phenoxy) is 2. The van der Waals surface area contributed by atoms with Crippen LogP contribution in [0.25, 0.3) is 0 Å². The van der Waals surface area contributed by atoms with Crippen LogP contribution in [-0.4, -0.2) is 67.2 Å². The normalized spacial score (nSPS) is 22.1. The number of hydrogen-bond donors (Lipinski definition) is 3. The van der Waals surface area contributed by atoms with E-state index in [1.807, 2.05) is 6.07 Å². The molecule has 2 aliphatic heterocycles.